The largest absolute Gasteiger partial charge is 0.437 e. The topological polar surface area (TPSA) is 73.1 Å². The zero-order chi connectivity index (χ0) is 16.9. The number of nitrogen functional groups attached to an aromatic ring is 1. The molecular weight excluding hydrogens is 300 g/mol. The average molecular weight is 326 g/mol. The molecule has 1 aliphatic rings. The fraction of sp³-hybridized carbons (Fsp3) is 0.474. The minimum absolute atomic E-state index is 0.408. The molecule has 24 heavy (non-hydrogen) atoms. The van der Waals surface area contributed by atoms with Gasteiger partial charge in [0.05, 0.1) is 0 Å². The van der Waals surface area contributed by atoms with E-state index in [4.69, 9.17) is 10.5 Å². The van der Waals surface area contributed by atoms with Crippen molar-refractivity contribution in [1.82, 2.24) is 9.97 Å². The van der Waals surface area contributed by atoms with Gasteiger partial charge in [-0.2, -0.15) is 4.98 Å². The van der Waals surface area contributed by atoms with Crippen molar-refractivity contribution in [1.29, 1.82) is 0 Å². The molecule has 0 bridgehead atoms. The van der Waals surface area contributed by atoms with Crippen molar-refractivity contribution in [2.45, 2.75) is 58.4 Å². The summed E-state index contributed by atoms with van der Waals surface area (Å²) in [6.45, 7) is 4.09. The average Bonchev–Trinajstić information content (AvgIpc) is 2.79. The molecule has 1 aliphatic carbocycles. The molecule has 5 heteroatoms. The van der Waals surface area contributed by atoms with Crippen LogP contribution in [0.2, 0.25) is 0 Å². The van der Waals surface area contributed by atoms with E-state index in [2.05, 4.69) is 21.4 Å². The predicted molar refractivity (Wildman–Crippen MR) is 97.5 cm³/mol. The highest BCUT2D eigenvalue weighted by Crippen LogP contribution is 2.31. The van der Waals surface area contributed by atoms with Crippen molar-refractivity contribution in [2.24, 2.45) is 0 Å². The van der Waals surface area contributed by atoms with E-state index in [1.165, 1.54) is 32.0 Å². The van der Waals surface area contributed by atoms with Crippen LogP contribution in [0.5, 0.6) is 11.6 Å². The lowest BCUT2D eigenvalue weighted by Crippen LogP contribution is -2.20. The molecule has 0 unspecified atom stereocenters. The highest BCUT2D eigenvalue weighted by molar-refractivity contribution is 5.67. The summed E-state index contributed by atoms with van der Waals surface area (Å²) in [6, 6.07) is 6.49. The normalized spacial score (nSPS) is 15.8. The maximum absolute atomic E-state index is 6.25. The molecule has 1 fully saturated rings. The third-order valence-electron chi connectivity index (χ3n) is 4.45. The number of hydrogen-bond donors (Lipinski definition) is 2. The molecule has 1 heterocycles. The van der Waals surface area contributed by atoms with Gasteiger partial charge in [0.1, 0.15) is 17.8 Å². The van der Waals surface area contributed by atoms with Gasteiger partial charge in [-0.15, -0.1) is 0 Å². The van der Waals surface area contributed by atoms with Crippen molar-refractivity contribution in [3.63, 3.8) is 0 Å². The van der Waals surface area contributed by atoms with Crippen molar-refractivity contribution < 1.29 is 4.74 Å². The Labute approximate surface area is 143 Å². The number of aromatic nitrogens is 2. The van der Waals surface area contributed by atoms with Crippen LogP contribution in [0.1, 0.15) is 49.7 Å². The Morgan fingerprint density at radius 1 is 1.00 bits per heavy atom. The summed E-state index contributed by atoms with van der Waals surface area (Å²) in [5, 5.41) is 3.48. The van der Waals surface area contributed by atoms with E-state index in [0.29, 0.717) is 23.4 Å². The molecule has 3 rings (SSSR count). The Morgan fingerprint density at radius 2 is 1.67 bits per heavy atom. The van der Waals surface area contributed by atoms with Gasteiger partial charge in [-0.25, -0.2) is 4.98 Å². The highest BCUT2D eigenvalue weighted by atomic mass is 16.5. The van der Waals surface area contributed by atoms with Gasteiger partial charge in [0, 0.05) is 6.04 Å². The van der Waals surface area contributed by atoms with Gasteiger partial charge in [0.25, 0.3) is 0 Å². The molecule has 0 atom stereocenters. The summed E-state index contributed by atoms with van der Waals surface area (Å²) < 4.78 is 5.91. The third kappa shape index (κ3) is 4.16. The van der Waals surface area contributed by atoms with Crippen LogP contribution in [0.3, 0.4) is 0 Å². The molecule has 5 nitrogen and oxygen atoms in total. The molecular formula is C19H26N4O. The van der Waals surface area contributed by atoms with Crippen LogP contribution in [0.15, 0.2) is 24.5 Å². The maximum atomic E-state index is 6.25. The maximum Gasteiger partial charge on any atom is 0.248 e. The Morgan fingerprint density at radius 3 is 2.33 bits per heavy atom. The number of anilines is 2. The van der Waals surface area contributed by atoms with Crippen LogP contribution in [-0.4, -0.2) is 16.0 Å². The number of hydrogen-bond acceptors (Lipinski definition) is 5. The zero-order valence-corrected chi connectivity index (χ0v) is 14.5. The van der Waals surface area contributed by atoms with Crippen LogP contribution in [0.4, 0.5) is 11.5 Å². The minimum Gasteiger partial charge on any atom is -0.437 e. The molecule has 0 amide bonds. The summed E-state index contributed by atoms with van der Waals surface area (Å²) >= 11 is 0. The molecule has 1 saturated carbocycles. The molecule has 0 aliphatic heterocycles. The van der Waals surface area contributed by atoms with Gasteiger partial charge >= 0.3 is 0 Å². The van der Waals surface area contributed by atoms with Gasteiger partial charge in [0.2, 0.25) is 5.88 Å². The van der Waals surface area contributed by atoms with Crippen LogP contribution in [-0.2, 0) is 0 Å². The first-order chi connectivity index (χ1) is 11.6. The molecule has 0 radical (unpaired) electrons. The lowest BCUT2D eigenvalue weighted by molar-refractivity contribution is 0.463. The highest BCUT2D eigenvalue weighted by Gasteiger charge is 2.16. The summed E-state index contributed by atoms with van der Waals surface area (Å²) in [7, 11) is 0. The fourth-order valence-electron chi connectivity index (χ4n) is 3.30. The number of ether oxygens (including phenoxy) is 1. The number of aryl methyl sites for hydroxylation is 2. The lowest BCUT2D eigenvalue weighted by atomic mass is 10.1. The van der Waals surface area contributed by atoms with E-state index < -0.39 is 0 Å². The summed E-state index contributed by atoms with van der Waals surface area (Å²) in [5.41, 5.74) is 9.02. The second kappa shape index (κ2) is 7.51. The fourth-order valence-corrected chi connectivity index (χ4v) is 3.30. The second-order valence-electron chi connectivity index (χ2n) is 6.70. The number of nitrogens with two attached hydrogens (primary N) is 1. The Kier molecular flexibility index (Phi) is 5.18. The van der Waals surface area contributed by atoms with Crippen molar-refractivity contribution >= 4 is 11.5 Å². The van der Waals surface area contributed by atoms with Crippen LogP contribution < -0.4 is 15.8 Å². The number of benzene rings is 1. The van der Waals surface area contributed by atoms with Crippen LogP contribution in [0.25, 0.3) is 0 Å². The third-order valence-corrected chi connectivity index (χ3v) is 4.45. The standard InChI is InChI=1S/C19H26N4O/c1-13-9-14(2)11-16(10-13)24-19-17(20)18(21-12-22-19)23-15-7-5-3-4-6-8-15/h9-12,15H,3-8,20H2,1-2H3,(H,21,22,23). The van der Waals surface area contributed by atoms with Crippen LogP contribution in [0, 0.1) is 13.8 Å². The first kappa shape index (κ1) is 16.6. The van der Waals surface area contributed by atoms with Crippen molar-refractivity contribution in [2.75, 3.05) is 11.1 Å². The van der Waals surface area contributed by atoms with E-state index in [9.17, 15) is 0 Å². The Bertz CT molecular complexity index is 674. The monoisotopic (exact) mass is 326 g/mol. The molecule has 128 valence electrons. The smallest absolute Gasteiger partial charge is 0.248 e. The first-order valence-electron chi connectivity index (χ1n) is 8.75. The first-order valence-corrected chi connectivity index (χ1v) is 8.75. The summed E-state index contributed by atoms with van der Waals surface area (Å²) in [6.07, 6.45) is 8.99. The van der Waals surface area contributed by atoms with Gasteiger partial charge in [-0.1, -0.05) is 31.7 Å². The predicted octanol–water partition coefficient (Wildman–Crippen LogP) is 4.60. The SMILES string of the molecule is Cc1cc(C)cc(Oc2ncnc(NC3CCCCCC3)c2N)c1. The van der Waals surface area contributed by atoms with E-state index in [-0.39, 0.29) is 0 Å². The number of nitrogens with one attached hydrogen (secondary N) is 1. The number of rotatable bonds is 4. The van der Waals surface area contributed by atoms with E-state index in [0.717, 1.165) is 29.7 Å². The second-order valence-corrected chi connectivity index (χ2v) is 6.70. The van der Waals surface area contributed by atoms with Gasteiger partial charge in [-0.3, -0.25) is 0 Å². The lowest BCUT2D eigenvalue weighted by Gasteiger charge is -2.18. The minimum atomic E-state index is 0.408. The molecule has 3 N–H and O–H groups in total. The molecule has 1 aromatic heterocycles. The number of nitrogens with zero attached hydrogens (tertiary/aromatic N) is 2. The summed E-state index contributed by atoms with van der Waals surface area (Å²) in [4.78, 5) is 8.52. The van der Waals surface area contributed by atoms with E-state index >= 15 is 0 Å². The molecule has 2 aromatic rings. The van der Waals surface area contributed by atoms with Crippen molar-refractivity contribution in [3.8, 4) is 11.6 Å². The Hall–Kier alpha value is -2.30. The van der Waals surface area contributed by atoms with Gasteiger partial charge in [-0.05, 0) is 49.9 Å². The summed E-state index contributed by atoms with van der Waals surface area (Å²) in [5.74, 6) is 1.83. The van der Waals surface area contributed by atoms with E-state index in [1.807, 2.05) is 26.0 Å². The molecule has 1 aromatic carbocycles. The zero-order valence-electron chi connectivity index (χ0n) is 14.5. The van der Waals surface area contributed by atoms with E-state index in [1.54, 1.807) is 0 Å². The van der Waals surface area contributed by atoms with Gasteiger partial charge < -0.3 is 15.8 Å². The quantitative estimate of drug-likeness (QED) is 0.803. The van der Waals surface area contributed by atoms with Gasteiger partial charge in [0.15, 0.2) is 5.82 Å². The van der Waals surface area contributed by atoms with Crippen molar-refractivity contribution in [3.05, 3.63) is 35.7 Å². The molecule has 0 spiro atoms. The Balaban J connectivity index is 1.77. The van der Waals surface area contributed by atoms with Crippen LogP contribution >= 0.6 is 0 Å². The molecule has 0 saturated heterocycles.